The lowest BCUT2D eigenvalue weighted by Gasteiger charge is -2.01. The van der Waals surface area contributed by atoms with E-state index in [1.54, 1.807) is 7.11 Å². The Kier molecular flexibility index (Phi) is 1.73. The largest absolute Gasteiger partial charge is 0.497 e. The van der Waals surface area contributed by atoms with Crippen molar-refractivity contribution in [1.82, 2.24) is 0 Å². The third-order valence-corrected chi connectivity index (χ3v) is 2.18. The number of thiocarbonyl (C=S) groups is 1. The molecule has 1 N–H and O–H groups in total. The predicted octanol–water partition coefficient (Wildman–Crippen LogP) is 1.99. The Morgan fingerprint density at radius 3 is 3.08 bits per heavy atom. The van der Waals surface area contributed by atoms with E-state index in [4.69, 9.17) is 17.0 Å². The highest BCUT2D eigenvalue weighted by Crippen LogP contribution is 2.27. The molecule has 1 aromatic rings. The molecule has 1 aromatic carbocycles. The number of anilines is 1. The lowest BCUT2D eigenvalue weighted by atomic mass is 10.1. The SMILES string of the molecule is COc1ccc2c(c1)CC(=S)N2. The summed E-state index contributed by atoms with van der Waals surface area (Å²) in [6, 6.07) is 5.94. The highest BCUT2D eigenvalue weighted by atomic mass is 32.1. The molecule has 0 radical (unpaired) electrons. The van der Waals surface area contributed by atoms with Crippen molar-refractivity contribution in [2.24, 2.45) is 0 Å². The molecule has 3 heteroatoms. The van der Waals surface area contributed by atoms with Crippen LogP contribution < -0.4 is 10.1 Å². The maximum atomic E-state index is 5.10. The average Bonchev–Trinajstić information content (AvgIpc) is 2.43. The second kappa shape index (κ2) is 2.75. The highest BCUT2D eigenvalue weighted by Gasteiger charge is 2.14. The second-order valence-corrected chi connectivity index (χ2v) is 3.24. The topological polar surface area (TPSA) is 21.3 Å². The molecule has 0 saturated carbocycles. The van der Waals surface area contributed by atoms with Crippen LogP contribution in [0.15, 0.2) is 18.2 Å². The van der Waals surface area contributed by atoms with E-state index >= 15 is 0 Å². The van der Waals surface area contributed by atoms with Gasteiger partial charge in [0.15, 0.2) is 0 Å². The Balaban J connectivity index is 2.41. The number of hydrogen-bond acceptors (Lipinski definition) is 2. The normalized spacial score (nSPS) is 13.9. The van der Waals surface area contributed by atoms with Gasteiger partial charge in [0.2, 0.25) is 0 Å². The van der Waals surface area contributed by atoms with Crippen molar-refractivity contribution in [3.63, 3.8) is 0 Å². The summed E-state index contributed by atoms with van der Waals surface area (Å²) in [4.78, 5) is 0.887. The smallest absolute Gasteiger partial charge is 0.119 e. The molecule has 0 atom stereocenters. The van der Waals surface area contributed by atoms with Gasteiger partial charge in [-0.05, 0) is 23.8 Å². The summed E-state index contributed by atoms with van der Waals surface area (Å²) >= 11 is 5.05. The van der Waals surface area contributed by atoms with Crippen LogP contribution in [0.5, 0.6) is 5.75 Å². The molecule has 0 aromatic heterocycles. The number of benzene rings is 1. The van der Waals surface area contributed by atoms with E-state index in [1.807, 2.05) is 18.2 Å². The molecule has 0 fully saturated rings. The number of rotatable bonds is 1. The lowest BCUT2D eigenvalue weighted by molar-refractivity contribution is 0.414. The van der Waals surface area contributed by atoms with Crippen LogP contribution in [0.2, 0.25) is 0 Å². The van der Waals surface area contributed by atoms with Gasteiger partial charge >= 0.3 is 0 Å². The second-order valence-electron chi connectivity index (χ2n) is 2.75. The van der Waals surface area contributed by atoms with Crippen molar-refractivity contribution < 1.29 is 4.74 Å². The molecule has 0 saturated heterocycles. The Morgan fingerprint density at radius 2 is 2.33 bits per heavy atom. The summed E-state index contributed by atoms with van der Waals surface area (Å²) in [6.07, 6.45) is 0.835. The Bertz CT molecular complexity index is 335. The first-order valence-corrected chi connectivity index (χ1v) is 4.17. The Hall–Kier alpha value is -1.09. The summed E-state index contributed by atoms with van der Waals surface area (Å²) < 4.78 is 5.10. The average molecular weight is 179 g/mol. The zero-order chi connectivity index (χ0) is 8.55. The van der Waals surface area contributed by atoms with Gasteiger partial charge in [0, 0.05) is 12.1 Å². The molecule has 2 nitrogen and oxygen atoms in total. The summed E-state index contributed by atoms with van der Waals surface area (Å²) in [5.74, 6) is 0.889. The third-order valence-electron chi connectivity index (χ3n) is 1.94. The van der Waals surface area contributed by atoms with Crippen molar-refractivity contribution >= 4 is 22.9 Å². The van der Waals surface area contributed by atoms with E-state index in [0.717, 1.165) is 22.8 Å². The maximum absolute atomic E-state index is 5.10. The van der Waals surface area contributed by atoms with Crippen molar-refractivity contribution in [2.45, 2.75) is 6.42 Å². The van der Waals surface area contributed by atoms with Gasteiger partial charge in [0.25, 0.3) is 0 Å². The minimum Gasteiger partial charge on any atom is -0.497 e. The first kappa shape index (κ1) is 7.55. The molecule has 1 aliphatic rings. The molecule has 0 amide bonds. The van der Waals surface area contributed by atoms with Crippen LogP contribution in [0.25, 0.3) is 0 Å². The predicted molar refractivity (Wildman–Crippen MR) is 52.9 cm³/mol. The van der Waals surface area contributed by atoms with Crippen LogP contribution in [0, 0.1) is 0 Å². The molecule has 0 bridgehead atoms. The number of fused-ring (bicyclic) bond motifs is 1. The fourth-order valence-electron chi connectivity index (χ4n) is 1.33. The zero-order valence-corrected chi connectivity index (χ0v) is 7.57. The van der Waals surface area contributed by atoms with Crippen molar-refractivity contribution in [1.29, 1.82) is 0 Å². The molecule has 0 aliphatic carbocycles. The number of methoxy groups -OCH3 is 1. The number of ether oxygens (including phenoxy) is 1. The van der Waals surface area contributed by atoms with E-state index < -0.39 is 0 Å². The van der Waals surface area contributed by atoms with E-state index in [9.17, 15) is 0 Å². The van der Waals surface area contributed by atoms with Crippen LogP contribution in [0.3, 0.4) is 0 Å². The van der Waals surface area contributed by atoms with Gasteiger partial charge in [-0.15, -0.1) is 0 Å². The van der Waals surface area contributed by atoms with Crippen molar-refractivity contribution in [3.8, 4) is 5.75 Å². The van der Waals surface area contributed by atoms with Crippen LogP contribution in [0.1, 0.15) is 5.56 Å². The van der Waals surface area contributed by atoms with Gasteiger partial charge in [0.05, 0.1) is 12.1 Å². The summed E-state index contributed by atoms with van der Waals surface area (Å²) in [5.41, 5.74) is 2.33. The molecule has 1 aliphatic heterocycles. The zero-order valence-electron chi connectivity index (χ0n) is 6.76. The fraction of sp³-hybridized carbons (Fsp3) is 0.222. The van der Waals surface area contributed by atoms with Gasteiger partial charge in [-0.25, -0.2) is 0 Å². The number of nitrogens with one attached hydrogen (secondary N) is 1. The van der Waals surface area contributed by atoms with E-state index in [1.165, 1.54) is 5.56 Å². The third kappa shape index (κ3) is 1.16. The number of hydrogen-bond donors (Lipinski definition) is 1. The molecule has 0 unspecified atom stereocenters. The molecule has 1 heterocycles. The fourth-order valence-corrected chi connectivity index (χ4v) is 1.60. The molecular weight excluding hydrogens is 170 g/mol. The van der Waals surface area contributed by atoms with Gasteiger partial charge in [-0.3, -0.25) is 0 Å². The van der Waals surface area contributed by atoms with E-state index in [0.29, 0.717) is 0 Å². The first-order valence-electron chi connectivity index (χ1n) is 3.76. The summed E-state index contributed by atoms with van der Waals surface area (Å²) in [5, 5.41) is 3.12. The van der Waals surface area contributed by atoms with Gasteiger partial charge in [-0.1, -0.05) is 12.2 Å². The monoisotopic (exact) mass is 179 g/mol. The summed E-state index contributed by atoms with van der Waals surface area (Å²) in [7, 11) is 1.67. The Labute approximate surface area is 76.5 Å². The van der Waals surface area contributed by atoms with E-state index in [-0.39, 0.29) is 0 Å². The van der Waals surface area contributed by atoms with Gasteiger partial charge < -0.3 is 10.1 Å². The quantitative estimate of drug-likeness (QED) is 0.666. The lowest BCUT2D eigenvalue weighted by Crippen LogP contribution is -2.00. The van der Waals surface area contributed by atoms with Gasteiger partial charge in [0.1, 0.15) is 5.75 Å². The molecular formula is C9H9NOS. The molecule has 12 heavy (non-hydrogen) atoms. The minimum atomic E-state index is 0.835. The molecule has 0 spiro atoms. The van der Waals surface area contributed by atoms with Crippen LogP contribution in [-0.4, -0.2) is 12.1 Å². The first-order chi connectivity index (χ1) is 5.79. The van der Waals surface area contributed by atoms with Crippen molar-refractivity contribution in [3.05, 3.63) is 23.8 Å². The van der Waals surface area contributed by atoms with Crippen LogP contribution >= 0.6 is 12.2 Å². The van der Waals surface area contributed by atoms with Crippen LogP contribution in [0.4, 0.5) is 5.69 Å². The summed E-state index contributed by atoms with van der Waals surface area (Å²) in [6.45, 7) is 0. The highest BCUT2D eigenvalue weighted by molar-refractivity contribution is 7.80. The molecule has 2 rings (SSSR count). The standard InChI is InChI=1S/C9H9NOS/c1-11-7-2-3-8-6(4-7)5-9(12)10-8/h2-4H,5H2,1H3,(H,10,12). The van der Waals surface area contributed by atoms with Crippen molar-refractivity contribution in [2.75, 3.05) is 12.4 Å². The minimum absolute atomic E-state index is 0.835. The van der Waals surface area contributed by atoms with Crippen LogP contribution in [-0.2, 0) is 6.42 Å². The van der Waals surface area contributed by atoms with E-state index in [2.05, 4.69) is 5.32 Å². The van der Waals surface area contributed by atoms with Gasteiger partial charge in [-0.2, -0.15) is 0 Å². The maximum Gasteiger partial charge on any atom is 0.119 e. The molecule has 62 valence electrons. The Morgan fingerprint density at radius 1 is 1.50 bits per heavy atom.